The number of rotatable bonds is 5. The highest BCUT2D eigenvalue weighted by atomic mass is 35.5. The van der Waals surface area contributed by atoms with Crippen molar-refractivity contribution in [3.05, 3.63) is 28.8 Å². The maximum absolute atomic E-state index is 12.7. The van der Waals surface area contributed by atoms with E-state index in [1.807, 2.05) is 6.92 Å². The van der Waals surface area contributed by atoms with Gasteiger partial charge in [0.1, 0.15) is 4.90 Å². The van der Waals surface area contributed by atoms with Crippen LogP contribution in [0.4, 0.5) is 0 Å². The maximum Gasteiger partial charge on any atom is 0.244 e. The van der Waals surface area contributed by atoms with Crippen molar-refractivity contribution in [1.82, 2.24) is 4.31 Å². The zero-order valence-electron chi connectivity index (χ0n) is 12.0. The molecule has 1 N–H and O–H groups in total. The van der Waals surface area contributed by atoms with Gasteiger partial charge in [-0.3, -0.25) is 0 Å². The Balaban J connectivity index is 2.19. The van der Waals surface area contributed by atoms with Gasteiger partial charge in [-0.15, -0.1) is 0 Å². The molecule has 1 heterocycles. The molecule has 0 atom stereocenters. The number of aliphatic hydroxyl groups is 1. The molecule has 0 saturated carbocycles. The summed E-state index contributed by atoms with van der Waals surface area (Å²) < 4.78 is 32.3. The van der Waals surface area contributed by atoms with E-state index in [0.717, 1.165) is 0 Å². The molecule has 1 aliphatic rings. The summed E-state index contributed by atoms with van der Waals surface area (Å²) in [7, 11) is -3.63. The topological polar surface area (TPSA) is 66.8 Å². The Bertz CT molecular complexity index is 583. The number of aliphatic hydroxyl groups excluding tert-OH is 1. The quantitative estimate of drug-likeness (QED) is 0.895. The van der Waals surface area contributed by atoms with Crippen LogP contribution in [-0.2, 0) is 21.4 Å². The third kappa shape index (κ3) is 3.76. The van der Waals surface area contributed by atoms with Crippen LogP contribution in [0.15, 0.2) is 23.1 Å². The van der Waals surface area contributed by atoms with Crippen LogP contribution in [0.3, 0.4) is 0 Å². The molecule has 1 aromatic rings. The number of sulfonamides is 1. The molecule has 0 unspecified atom stereocenters. The van der Waals surface area contributed by atoms with E-state index < -0.39 is 10.0 Å². The van der Waals surface area contributed by atoms with E-state index in [1.165, 1.54) is 16.4 Å². The van der Waals surface area contributed by atoms with E-state index in [4.69, 9.17) is 21.4 Å². The van der Waals surface area contributed by atoms with Crippen LogP contribution in [-0.4, -0.2) is 43.6 Å². The van der Waals surface area contributed by atoms with Crippen molar-refractivity contribution in [3.63, 3.8) is 0 Å². The van der Waals surface area contributed by atoms with Crippen molar-refractivity contribution in [1.29, 1.82) is 0 Å². The highest BCUT2D eigenvalue weighted by Gasteiger charge is 2.31. The van der Waals surface area contributed by atoms with Gasteiger partial charge in [-0.05, 0) is 37.5 Å². The summed E-state index contributed by atoms with van der Waals surface area (Å²) in [5.41, 5.74) is 0.530. The largest absolute Gasteiger partial charge is 0.392 e. The molecule has 0 spiro atoms. The molecule has 0 aliphatic carbocycles. The monoisotopic (exact) mass is 333 g/mol. The van der Waals surface area contributed by atoms with Crippen LogP contribution in [0.1, 0.15) is 25.3 Å². The third-order valence-electron chi connectivity index (χ3n) is 3.60. The van der Waals surface area contributed by atoms with Crippen LogP contribution in [0.25, 0.3) is 0 Å². The molecule has 0 bridgehead atoms. The van der Waals surface area contributed by atoms with Crippen LogP contribution >= 0.6 is 11.6 Å². The first-order valence-electron chi connectivity index (χ1n) is 7.00. The highest BCUT2D eigenvalue weighted by molar-refractivity contribution is 7.89. The fourth-order valence-corrected chi connectivity index (χ4v) is 4.45. The van der Waals surface area contributed by atoms with E-state index in [2.05, 4.69) is 0 Å². The first kappa shape index (κ1) is 16.7. The molecule has 2 rings (SSSR count). The number of hydrogen-bond donors (Lipinski definition) is 1. The standard InChI is InChI=1S/C14H20ClNO4S/c1-2-20-12-5-7-16(8-6-12)21(18,19)14-9-11(10-17)3-4-13(14)15/h3-4,9,12,17H,2,5-8,10H2,1H3. The average molecular weight is 334 g/mol. The minimum absolute atomic E-state index is 0.0607. The predicted octanol–water partition coefficient (Wildman–Crippen LogP) is 2.02. The Kier molecular flexibility index (Phi) is 5.62. The lowest BCUT2D eigenvalue weighted by Gasteiger charge is -2.31. The lowest BCUT2D eigenvalue weighted by Crippen LogP contribution is -2.40. The van der Waals surface area contributed by atoms with Crippen LogP contribution < -0.4 is 0 Å². The van der Waals surface area contributed by atoms with Crippen molar-refractivity contribution in [2.24, 2.45) is 0 Å². The molecule has 0 radical (unpaired) electrons. The molecule has 0 aromatic heterocycles. The molecule has 1 aromatic carbocycles. The Labute approximate surface area is 130 Å². The number of benzene rings is 1. The van der Waals surface area contributed by atoms with Gasteiger partial charge in [-0.1, -0.05) is 17.7 Å². The summed E-state index contributed by atoms with van der Waals surface area (Å²) >= 11 is 6.02. The Morgan fingerprint density at radius 2 is 2.05 bits per heavy atom. The molecule has 5 nitrogen and oxygen atoms in total. The van der Waals surface area contributed by atoms with Gasteiger partial charge in [0, 0.05) is 19.7 Å². The summed E-state index contributed by atoms with van der Waals surface area (Å²) in [6.45, 7) is 3.20. The minimum atomic E-state index is -3.63. The Morgan fingerprint density at radius 1 is 1.38 bits per heavy atom. The van der Waals surface area contributed by atoms with Crippen LogP contribution in [0, 0.1) is 0 Å². The predicted molar refractivity (Wildman–Crippen MR) is 80.8 cm³/mol. The molecular weight excluding hydrogens is 314 g/mol. The number of halogens is 1. The molecule has 7 heteroatoms. The molecule has 21 heavy (non-hydrogen) atoms. The van der Waals surface area contributed by atoms with Gasteiger partial charge in [0.15, 0.2) is 0 Å². The molecule has 1 aliphatic heterocycles. The second-order valence-electron chi connectivity index (χ2n) is 4.98. The maximum atomic E-state index is 12.7. The van der Waals surface area contributed by atoms with Crippen molar-refractivity contribution in [3.8, 4) is 0 Å². The molecule has 1 saturated heterocycles. The number of piperidine rings is 1. The number of ether oxygens (including phenoxy) is 1. The van der Waals surface area contributed by atoms with Crippen molar-refractivity contribution >= 4 is 21.6 Å². The summed E-state index contributed by atoms with van der Waals surface area (Å²) in [5.74, 6) is 0. The van der Waals surface area contributed by atoms with E-state index in [1.54, 1.807) is 6.07 Å². The zero-order chi connectivity index (χ0) is 15.5. The van der Waals surface area contributed by atoms with Gasteiger partial charge in [0.2, 0.25) is 10.0 Å². The summed E-state index contributed by atoms with van der Waals surface area (Å²) in [5, 5.41) is 9.33. The number of hydrogen-bond acceptors (Lipinski definition) is 4. The van der Waals surface area contributed by atoms with Gasteiger partial charge < -0.3 is 9.84 Å². The normalized spacial score (nSPS) is 18.0. The highest BCUT2D eigenvalue weighted by Crippen LogP contribution is 2.28. The van der Waals surface area contributed by atoms with Crippen molar-refractivity contribution in [2.45, 2.75) is 37.4 Å². The smallest absolute Gasteiger partial charge is 0.244 e. The SMILES string of the molecule is CCOC1CCN(S(=O)(=O)c2cc(CO)ccc2Cl)CC1. The fraction of sp³-hybridized carbons (Fsp3) is 0.571. The minimum Gasteiger partial charge on any atom is -0.392 e. The van der Waals surface area contributed by atoms with E-state index in [9.17, 15) is 8.42 Å². The second kappa shape index (κ2) is 7.07. The summed E-state index contributed by atoms with van der Waals surface area (Å²) in [6, 6.07) is 4.56. The fourth-order valence-electron chi connectivity index (χ4n) is 2.46. The van der Waals surface area contributed by atoms with Gasteiger partial charge in [-0.2, -0.15) is 4.31 Å². The first-order valence-corrected chi connectivity index (χ1v) is 8.82. The summed E-state index contributed by atoms with van der Waals surface area (Å²) in [4.78, 5) is 0.0607. The van der Waals surface area contributed by atoms with Gasteiger partial charge >= 0.3 is 0 Å². The van der Waals surface area contributed by atoms with E-state index in [0.29, 0.717) is 38.1 Å². The average Bonchev–Trinajstić information content (AvgIpc) is 2.48. The Morgan fingerprint density at radius 3 is 2.62 bits per heavy atom. The van der Waals surface area contributed by atoms with E-state index in [-0.39, 0.29) is 22.6 Å². The van der Waals surface area contributed by atoms with Crippen molar-refractivity contribution < 1.29 is 18.3 Å². The number of nitrogens with zero attached hydrogens (tertiary/aromatic N) is 1. The van der Waals surface area contributed by atoms with Crippen molar-refractivity contribution in [2.75, 3.05) is 19.7 Å². The van der Waals surface area contributed by atoms with Crippen LogP contribution in [0.5, 0.6) is 0 Å². The third-order valence-corrected chi connectivity index (χ3v) is 5.98. The first-order chi connectivity index (χ1) is 9.98. The molecule has 118 valence electrons. The second-order valence-corrected chi connectivity index (χ2v) is 7.30. The van der Waals surface area contributed by atoms with Crippen LogP contribution in [0.2, 0.25) is 5.02 Å². The Hall–Kier alpha value is -0.660. The lowest BCUT2D eigenvalue weighted by atomic mass is 10.1. The lowest BCUT2D eigenvalue weighted by molar-refractivity contribution is 0.0290. The van der Waals surface area contributed by atoms with Gasteiger partial charge in [-0.25, -0.2) is 8.42 Å². The molecule has 0 amide bonds. The zero-order valence-corrected chi connectivity index (χ0v) is 13.5. The van der Waals surface area contributed by atoms with Gasteiger partial charge in [0.05, 0.1) is 17.7 Å². The molecule has 1 fully saturated rings. The molecular formula is C14H20ClNO4S. The summed E-state index contributed by atoms with van der Waals surface area (Å²) in [6.07, 6.45) is 1.50. The van der Waals surface area contributed by atoms with E-state index >= 15 is 0 Å². The van der Waals surface area contributed by atoms with Gasteiger partial charge in [0.25, 0.3) is 0 Å².